The maximum atomic E-state index is 14.3. The van der Waals surface area contributed by atoms with Gasteiger partial charge in [0, 0.05) is 11.3 Å². The molecular formula is C33H45NO3. The molecular weight excluding hydrogens is 458 g/mol. The summed E-state index contributed by atoms with van der Waals surface area (Å²) in [6, 6.07) is 2.49. The summed E-state index contributed by atoms with van der Waals surface area (Å²) in [6.07, 6.45) is 12.8. The Morgan fingerprint density at radius 3 is 2.38 bits per heavy atom. The molecule has 5 rings (SSSR count). The zero-order valence-corrected chi connectivity index (χ0v) is 24.2. The molecule has 0 heterocycles. The van der Waals surface area contributed by atoms with Crippen LogP contribution in [0.25, 0.3) is 0 Å². The Labute approximate surface area is 223 Å². The van der Waals surface area contributed by atoms with E-state index in [2.05, 4.69) is 59.8 Å². The SMILES string of the molecule is C/C=C1/C(C#N)=C[C@]2(C)C3=CC(=O)C4C5CC(C)(C)CC[C@]5(C(=O)OC)CCC4[C@]3(C)CCC2C1(C)C. The third-order valence-electron chi connectivity index (χ3n) is 12.1. The fourth-order valence-corrected chi connectivity index (χ4v) is 10.4. The number of allylic oxidation sites excluding steroid dienone is 6. The Kier molecular flexibility index (Phi) is 5.84. The standard InChI is InChI=1S/C33H45NO3/c1-9-21-20(19-34)17-32(7)25(30(21,4)5)11-12-31(6)22-10-13-33(28(36)37-8)15-14-29(2,3)18-23(33)27(22)24(35)16-26(31)32/h9,16-17,22-23,25,27H,10-15,18H2,1-8H3/b21-9-/t22?,23?,25?,27?,31-,32-,33+/m0/s1. The van der Waals surface area contributed by atoms with Crippen molar-refractivity contribution in [3.05, 3.63) is 34.9 Å². The summed E-state index contributed by atoms with van der Waals surface area (Å²) in [4.78, 5) is 27.6. The molecule has 0 amide bonds. The van der Waals surface area contributed by atoms with Crippen LogP contribution in [0.4, 0.5) is 0 Å². The van der Waals surface area contributed by atoms with E-state index in [4.69, 9.17) is 4.74 Å². The van der Waals surface area contributed by atoms with Crippen molar-refractivity contribution in [1.29, 1.82) is 5.26 Å². The Bertz CT molecular complexity index is 1180. The number of ether oxygens (including phenoxy) is 1. The highest BCUT2D eigenvalue weighted by atomic mass is 16.5. The summed E-state index contributed by atoms with van der Waals surface area (Å²) in [5.74, 6) is 0.542. The van der Waals surface area contributed by atoms with Gasteiger partial charge in [-0.25, -0.2) is 0 Å². The first kappa shape index (κ1) is 26.5. The first-order valence-corrected chi connectivity index (χ1v) is 14.4. The highest BCUT2D eigenvalue weighted by molar-refractivity contribution is 5.96. The van der Waals surface area contributed by atoms with Crippen LogP contribution in [0.1, 0.15) is 93.4 Å². The Hall–Kier alpha value is -2.15. The highest BCUT2D eigenvalue weighted by Crippen LogP contribution is 2.71. The third kappa shape index (κ3) is 3.38. The van der Waals surface area contributed by atoms with Gasteiger partial charge in [-0.3, -0.25) is 9.59 Å². The van der Waals surface area contributed by atoms with Gasteiger partial charge in [-0.1, -0.05) is 59.3 Å². The van der Waals surface area contributed by atoms with E-state index in [1.165, 1.54) is 12.7 Å². The number of hydrogen-bond acceptors (Lipinski definition) is 4. The Morgan fingerprint density at radius 2 is 1.76 bits per heavy atom. The van der Waals surface area contributed by atoms with Crippen molar-refractivity contribution in [2.45, 2.75) is 93.4 Å². The number of fused-ring (bicyclic) bond motifs is 7. The first-order valence-electron chi connectivity index (χ1n) is 14.4. The molecule has 4 heteroatoms. The van der Waals surface area contributed by atoms with Gasteiger partial charge < -0.3 is 4.74 Å². The lowest BCUT2D eigenvalue weighted by Gasteiger charge is -2.65. The second-order valence-electron chi connectivity index (χ2n) is 14.6. The number of hydrogen-bond donors (Lipinski definition) is 0. The van der Waals surface area contributed by atoms with Crippen molar-refractivity contribution in [1.82, 2.24) is 0 Å². The number of rotatable bonds is 1. The molecule has 3 saturated carbocycles. The van der Waals surface area contributed by atoms with Gasteiger partial charge in [0.1, 0.15) is 0 Å². The molecule has 0 saturated heterocycles. The van der Waals surface area contributed by atoms with Crippen LogP contribution in [-0.2, 0) is 14.3 Å². The second-order valence-corrected chi connectivity index (χ2v) is 14.6. The molecule has 5 aliphatic rings. The van der Waals surface area contributed by atoms with Gasteiger partial charge in [0.15, 0.2) is 5.78 Å². The van der Waals surface area contributed by atoms with Crippen molar-refractivity contribution >= 4 is 11.8 Å². The molecule has 0 spiro atoms. The molecule has 4 unspecified atom stereocenters. The summed E-state index contributed by atoms with van der Waals surface area (Å²) in [5, 5.41) is 10.1. The largest absolute Gasteiger partial charge is 0.469 e. The summed E-state index contributed by atoms with van der Waals surface area (Å²) < 4.78 is 5.41. The van der Waals surface area contributed by atoms with Gasteiger partial charge in [-0.2, -0.15) is 5.26 Å². The van der Waals surface area contributed by atoms with E-state index in [1.807, 2.05) is 13.0 Å². The van der Waals surface area contributed by atoms with E-state index in [0.29, 0.717) is 5.92 Å². The maximum absolute atomic E-state index is 14.3. The average molecular weight is 504 g/mol. The third-order valence-corrected chi connectivity index (χ3v) is 12.1. The topological polar surface area (TPSA) is 67.2 Å². The second kappa shape index (κ2) is 8.17. The smallest absolute Gasteiger partial charge is 0.312 e. The molecule has 0 N–H and O–H groups in total. The number of methoxy groups -OCH3 is 1. The van der Waals surface area contributed by atoms with E-state index in [-0.39, 0.29) is 51.2 Å². The molecule has 0 aromatic rings. The molecule has 0 aromatic heterocycles. The minimum atomic E-state index is -0.536. The molecule has 4 nitrogen and oxygen atoms in total. The number of esters is 1. The highest BCUT2D eigenvalue weighted by Gasteiger charge is 2.66. The van der Waals surface area contributed by atoms with Crippen molar-refractivity contribution in [2.75, 3.05) is 7.11 Å². The quantitative estimate of drug-likeness (QED) is 0.350. The van der Waals surface area contributed by atoms with Gasteiger partial charge in [0.25, 0.3) is 0 Å². The van der Waals surface area contributed by atoms with Crippen molar-refractivity contribution < 1.29 is 14.3 Å². The average Bonchev–Trinajstić information content (AvgIpc) is 2.83. The molecule has 7 atom stereocenters. The van der Waals surface area contributed by atoms with Crippen LogP contribution < -0.4 is 0 Å². The normalized spacial score (nSPS) is 44.7. The number of ketones is 1. The molecule has 37 heavy (non-hydrogen) atoms. The van der Waals surface area contributed by atoms with Crippen molar-refractivity contribution in [3.8, 4) is 6.07 Å². The minimum absolute atomic E-state index is 0.0257. The zero-order valence-electron chi connectivity index (χ0n) is 24.2. The number of nitrogens with zero attached hydrogens (tertiary/aromatic N) is 1. The van der Waals surface area contributed by atoms with Gasteiger partial charge in [-0.15, -0.1) is 0 Å². The predicted molar refractivity (Wildman–Crippen MR) is 145 cm³/mol. The van der Waals surface area contributed by atoms with E-state index in [1.54, 1.807) is 0 Å². The first-order chi connectivity index (χ1) is 17.2. The fraction of sp³-hybridized carbons (Fsp3) is 0.727. The van der Waals surface area contributed by atoms with Crippen LogP contribution in [0, 0.1) is 62.1 Å². The summed E-state index contributed by atoms with van der Waals surface area (Å²) in [7, 11) is 1.51. The van der Waals surface area contributed by atoms with Crippen LogP contribution >= 0.6 is 0 Å². The van der Waals surface area contributed by atoms with Crippen LogP contribution in [0.5, 0.6) is 0 Å². The van der Waals surface area contributed by atoms with Crippen molar-refractivity contribution in [3.63, 3.8) is 0 Å². The maximum Gasteiger partial charge on any atom is 0.312 e. The number of carbonyl (C=O) groups is 2. The molecule has 0 aliphatic heterocycles. The lowest BCUT2D eigenvalue weighted by molar-refractivity contribution is -0.178. The van der Waals surface area contributed by atoms with Crippen molar-refractivity contribution in [2.24, 2.45) is 50.7 Å². The van der Waals surface area contributed by atoms with E-state index >= 15 is 0 Å². The lowest BCUT2D eigenvalue weighted by Crippen LogP contribution is -2.61. The van der Waals surface area contributed by atoms with Gasteiger partial charge in [0.2, 0.25) is 0 Å². The predicted octanol–water partition coefficient (Wildman–Crippen LogP) is 7.37. The van der Waals surface area contributed by atoms with Gasteiger partial charge in [0.05, 0.1) is 24.2 Å². The van der Waals surface area contributed by atoms with E-state index < -0.39 is 5.41 Å². The Balaban J connectivity index is 1.66. The molecule has 0 radical (unpaired) electrons. The van der Waals surface area contributed by atoms with Gasteiger partial charge in [-0.05, 0) is 97.5 Å². The summed E-state index contributed by atoms with van der Waals surface area (Å²) in [5.41, 5.74) is 2.10. The number of nitriles is 1. The Morgan fingerprint density at radius 1 is 1.05 bits per heavy atom. The monoisotopic (exact) mass is 503 g/mol. The fourth-order valence-electron chi connectivity index (χ4n) is 10.4. The van der Waals surface area contributed by atoms with Crippen LogP contribution in [0.15, 0.2) is 34.9 Å². The lowest BCUT2D eigenvalue weighted by atomic mass is 9.38. The molecule has 200 valence electrons. The van der Waals surface area contributed by atoms with E-state index in [0.717, 1.165) is 56.1 Å². The van der Waals surface area contributed by atoms with Gasteiger partial charge >= 0.3 is 5.97 Å². The summed E-state index contributed by atoms with van der Waals surface area (Å²) in [6.45, 7) is 15.8. The zero-order chi connectivity index (χ0) is 27.2. The molecule has 0 bridgehead atoms. The van der Waals surface area contributed by atoms with Crippen LogP contribution in [0.2, 0.25) is 0 Å². The molecule has 0 aromatic carbocycles. The van der Waals surface area contributed by atoms with Crippen LogP contribution in [-0.4, -0.2) is 18.9 Å². The van der Waals surface area contributed by atoms with Crippen LogP contribution in [0.3, 0.4) is 0 Å². The summed E-state index contributed by atoms with van der Waals surface area (Å²) >= 11 is 0. The molecule has 5 aliphatic carbocycles. The molecule has 3 fully saturated rings. The number of carbonyl (C=O) groups excluding carboxylic acids is 2. The minimum Gasteiger partial charge on any atom is -0.469 e. The van der Waals surface area contributed by atoms with E-state index in [9.17, 15) is 14.9 Å².